The Morgan fingerprint density at radius 3 is 2.67 bits per heavy atom. The van der Waals surface area contributed by atoms with Crippen LogP contribution >= 0.6 is 0 Å². The molecule has 2 saturated heterocycles. The van der Waals surface area contributed by atoms with Crippen molar-refractivity contribution < 1.29 is 4.74 Å². The van der Waals surface area contributed by atoms with Gasteiger partial charge in [-0.15, -0.1) is 0 Å². The summed E-state index contributed by atoms with van der Waals surface area (Å²) in [6, 6.07) is 0. The van der Waals surface area contributed by atoms with Crippen molar-refractivity contribution in [3.05, 3.63) is 0 Å². The number of hydrogen-bond acceptors (Lipinski definition) is 4. The van der Waals surface area contributed by atoms with Crippen LogP contribution < -0.4 is 10.6 Å². The van der Waals surface area contributed by atoms with Gasteiger partial charge in [-0.25, -0.2) is 0 Å². The van der Waals surface area contributed by atoms with E-state index in [0.717, 1.165) is 45.9 Å². The molecule has 2 aliphatic rings. The van der Waals surface area contributed by atoms with E-state index >= 15 is 0 Å². The largest absolute Gasteiger partial charge is 0.378 e. The number of nitrogens with one attached hydrogen (secondary N) is 2. The second kappa shape index (κ2) is 6.33. The molecule has 2 aliphatic heterocycles. The molecule has 2 heterocycles. The molecule has 0 aromatic rings. The summed E-state index contributed by atoms with van der Waals surface area (Å²) in [5.41, 5.74) is 0.255. The van der Waals surface area contributed by atoms with Gasteiger partial charge in [0.15, 0.2) is 0 Å². The average molecular weight is 255 g/mol. The van der Waals surface area contributed by atoms with Crippen molar-refractivity contribution in [3.8, 4) is 0 Å². The Morgan fingerprint density at radius 1 is 1.33 bits per heavy atom. The molecule has 0 spiro atoms. The zero-order chi connectivity index (χ0) is 13.0. The third kappa shape index (κ3) is 3.67. The molecular formula is C14H29N3O. The van der Waals surface area contributed by atoms with Gasteiger partial charge in [0.2, 0.25) is 0 Å². The molecule has 0 amide bonds. The monoisotopic (exact) mass is 255 g/mol. The lowest BCUT2D eigenvalue weighted by molar-refractivity contribution is 0.0922. The lowest BCUT2D eigenvalue weighted by Crippen LogP contribution is -2.57. The smallest absolute Gasteiger partial charge is 0.0588 e. The van der Waals surface area contributed by atoms with Gasteiger partial charge in [0.05, 0.1) is 6.10 Å². The summed E-state index contributed by atoms with van der Waals surface area (Å²) in [6.45, 7) is 14.6. The zero-order valence-corrected chi connectivity index (χ0v) is 12.2. The Kier molecular flexibility index (Phi) is 5.01. The molecule has 2 unspecified atom stereocenters. The lowest BCUT2D eigenvalue weighted by Gasteiger charge is -2.41. The number of piperazine rings is 1. The van der Waals surface area contributed by atoms with E-state index in [9.17, 15) is 0 Å². The van der Waals surface area contributed by atoms with Gasteiger partial charge < -0.3 is 15.4 Å². The fourth-order valence-electron chi connectivity index (χ4n) is 2.99. The molecule has 0 aromatic carbocycles. The van der Waals surface area contributed by atoms with Crippen molar-refractivity contribution in [1.29, 1.82) is 0 Å². The predicted molar refractivity (Wildman–Crippen MR) is 74.9 cm³/mol. The molecule has 4 nitrogen and oxygen atoms in total. The maximum Gasteiger partial charge on any atom is 0.0588 e. The van der Waals surface area contributed by atoms with Crippen LogP contribution in [0.5, 0.6) is 0 Å². The highest BCUT2D eigenvalue weighted by Gasteiger charge is 2.29. The van der Waals surface area contributed by atoms with Crippen molar-refractivity contribution in [2.75, 3.05) is 45.9 Å². The molecule has 106 valence electrons. The zero-order valence-electron chi connectivity index (χ0n) is 12.2. The van der Waals surface area contributed by atoms with Crippen molar-refractivity contribution in [3.63, 3.8) is 0 Å². The van der Waals surface area contributed by atoms with Crippen LogP contribution in [-0.2, 0) is 4.74 Å². The van der Waals surface area contributed by atoms with E-state index in [1.807, 2.05) is 0 Å². The molecule has 0 bridgehead atoms. The molecule has 0 aromatic heterocycles. The van der Waals surface area contributed by atoms with Crippen molar-refractivity contribution >= 4 is 0 Å². The summed E-state index contributed by atoms with van der Waals surface area (Å²) < 4.78 is 5.61. The van der Waals surface area contributed by atoms with Gasteiger partial charge in [0.25, 0.3) is 0 Å². The van der Waals surface area contributed by atoms with Crippen molar-refractivity contribution in [2.45, 2.75) is 38.8 Å². The highest BCUT2D eigenvalue weighted by Crippen LogP contribution is 2.20. The van der Waals surface area contributed by atoms with Crippen molar-refractivity contribution in [1.82, 2.24) is 15.5 Å². The molecule has 0 radical (unpaired) electrons. The Balaban J connectivity index is 1.70. The van der Waals surface area contributed by atoms with Crippen molar-refractivity contribution in [2.24, 2.45) is 5.92 Å². The van der Waals surface area contributed by atoms with Crippen LogP contribution in [0, 0.1) is 5.92 Å². The maximum absolute atomic E-state index is 5.61. The second-order valence-corrected chi connectivity index (χ2v) is 6.31. The third-order valence-electron chi connectivity index (χ3n) is 4.47. The molecular weight excluding hydrogens is 226 g/mol. The van der Waals surface area contributed by atoms with Gasteiger partial charge in [-0.1, -0.05) is 0 Å². The van der Waals surface area contributed by atoms with E-state index in [1.165, 1.54) is 6.42 Å². The Labute approximate surface area is 111 Å². The first kappa shape index (κ1) is 14.3. The SMILES string of the molecule is CC1OCCC1CNCC(C)(C)N1CCNCC1. The summed E-state index contributed by atoms with van der Waals surface area (Å²) in [5.74, 6) is 0.698. The van der Waals surface area contributed by atoms with Gasteiger partial charge in [-0.3, -0.25) is 4.90 Å². The van der Waals surface area contributed by atoms with Gasteiger partial charge in [-0.2, -0.15) is 0 Å². The normalized spacial score (nSPS) is 30.8. The van der Waals surface area contributed by atoms with E-state index in [4.69, 9.17) is 4.74 Å². The third-order valence-corrected chi connectivity index (χ3v) is 4.47. The quantitative estimate of drug-likeness (QED) is 0.758. The number of rotatable bonds is 5. The summed E-state index contributed by atoms with van der Waals surface area (Å²) >= 11 is 0. The average Bonchev–Trinajstić information content (AvgIpc) is 2.76. The fourth-order valence-corrected chi connectivity index (χ4v) is 2.99. The Hall–Kier alpha value is -0.160. The lowest BCUT2D eigenvalue weighted by atomic mass is 9.99. The summed E-state index contributed by atoms with van der Waals surface area (Å²) in [6.07, 6.45) is 1.64. The molecule has 2 N–H and O–H groups in total. The molecule has 0 saturated carbocycles. The van der Waals surface area contributed by atoms with E-state index in [-0.39, 0.29) is 5.54 Å². The summed E-state index contributed by atoms with van der Waals surface area (Å²) in [7, 11) is 0. The van der Waals surface area contributed by atoms with Crippen LogP contribution in [0.4, 0.5) is 0 Å². The first-order chi connectivity index (χ1) is 8.59. The van der Waals surface area contributed by atoms with Gasteiger partial charge in [0, 0.05) is 51.4 Å². The minimum Gasteiger partial charge on any atom is -0.378 e. The van der Waals surface area contributed by atoms with E-state index in [0.29, 0.717) is 12.0 Å². The topological polar surface area (TPSA) is 36.5 Å². The van der Waals surface area contributed by atoms with Gasteiger partial charge >= 0.3 is 0 Å². The molecule has 18 heavy (non-hydrogen) atoms. The second-order valence-electron chi connectivity index (χ2n) is 6.31. The Morgan fingerprint density at radius 2 is 2.06 bits per heavy atom. The number of ether oxygens (including phenoxy) is 1. The van der Waals surface area contributed by atoms with Crippen LogP contribution in [-0.4, -0.2) is 62.4 Å². The van der Waals surface area contributed by atoms with E-state index < -0.39 is 0 Å². The minimum absolute atomic E-state index is 0.255. The Bertz CT molecular complexity index is 251. The van der Waals surface area contributed by atoms with E-state index in [1.54, 1.807) is 0 Å². The first-order valence-corrected chi connectivity index (χ1v) is 7.38. The standard InChI is InChI=1S/C14H29N3O/c1-12-13(4-9-18-12)10-16-11-14(2,3)17-7-5-15-6-8-17/h12-13,15-16H,4-11H2,1-3H3. The van der Waals surface area contributed by atoms with Crippen LogP contribution in [0.1, 0.15) is 27.2 Å². The minimum atomic E-state index is 0.255. The molecule has 0 aliphatic carbocycles. The highest BCUT2D eigenvalue weighted by molar-refractivity contribution is 4.87. The summed E-state index contributed by atoms with van der Waals surface area (Å²) in [4.78, 5) is 2.59. The predicted octanol–water partition coefficient (Wildman–Crippen LogP) is 0.685. The van der Waals surface area contributed by atoms with Gasteiger partial charge in [0.1, 0.15) is 0 Å². The van der Waals surface area contributed by atoms with E-state index in [2.05, 4.69) is 36.3 Å². The summed E-state index contributed by atoms with van der Waals surface area (Å²) in [5, 5.41) is 7.07. The first-order valence-electron chi connectivity index (χ1n) is 7.38. The van der Waals surface area contributed by atoms with Crippen LogP contribution in [0.3, 0.4) is 0 Å². The van der Waals surface area contributed by atoms with Crippen LogP contribution in [0.15, 0.2) is 0 Å². The maximum atomic E-state index is 5.61. The number of nitrogens with zero attached hydrogens (tertiary/aromatic N) is 1. The van der Waals surface area contributed by atoms with Gasteiger partial charge in [-0.05, 0) is 33.1 Å². The molecule has 2 fully saturated rings. The number of hydrogen-bond donors (Lipinski definition) is 2. The fraction of sp³-hybridized carbons (Fsp3) is 1.00. The van der Waals surface area contributed by atoms with Crippen LogP contribution in [0.2, 0.25) is 0 Å². The molecule has 2 atom stereocenters. The highest BCUT2D eigenvalue weighted by atomic mass is 16.5. The van der Waals surface area contributed by atoms with Crippen LogP contribution in [0.25, 0.3) is 0 Å². The molecule has 2 rings (SSSR count). The molecule has 4 heteroatoms.